The molecule has 7 nitrogen and oxygen atoms in total. The number of anilines is 1. The summed E-state index contributed by atoms with van der Waals surface area (Å²) in [5.41, 5.74) is 4.94. The molecule has 0 saturated heterocycles. The van der Waals surface area contributed by atoms with E-state index in [0.717, 1.165) is 27.8 Å². The normalized spacial score (nSPS) is 12.2. The van der Waals surface area contributed by atoms with Crippen LogP contribution in [-0.4, -0.2) is 43.8 Å². The topological polar surface area (TPSA) is 86.8 Å². The van der Waals surface area contributed by atoms with Crippen LogP contribution >= 0.6 is 0 Å². The van der Waals surface area contributed by atoms with Crippen molar-refractivity contribution in [1.29, 1.82) is 0 Å². The van der Waals surface area contributed by atoms with Gasteiger partial charge in [-0.25, -0.2) is 8.42 Å². The summed E-state index contributed by atoms with van der Waals surface area (Å²) in [5.74, 6) is -0.720. The van der Waals surface area contributed by atoms with Crippen LogP contribution < -0.4 is 9.62 Å². The Morgan fingerprint density at radius 2 is 1.52 bits per heavy atom. The van der Waals surface area contributed by atoms with Crippen molar-refractivity contribution in [3.63, 3.8) is 0 Å². The first-order chi connectivity index (χ1) is 18.8. The maximum atomic E-state index is 14.2. The third kappa shape index (κ3) is 7.30. The third-order valence-electron chi connectivity index (χ3n) is 6.98. The zero-order chi connectivity index (χ0) is 29.6. The molecular weight excluding hydrogens is 522 g/mol. The fraction of sp³-hybridized carbons (Fsp3) is 0.375. The van der Waals surface area contributed by atoms with E-state index < -0.39 is 28.5 Å². The molecule has 0 aliphatic heterocycles. The zero-order valence-corrected chi connectivity index (χ0v) is 25.4. The van der Waals surface area contributed by atoms with Gasteiger partial charge in [-0.1, -0.05) is 66.6 Å². The van der Waals surface area contributed by atoms with Crippen molar-refractivity contribution in [3.05, 3.63) is 94.5 Å². The summed E-state index contributed by atoms with van der Waals surface area (Å²) in [5, 5.41) is 2.92. The predicted molar refractivity (Wildman–Crippen MR) is 161 cm³/mol. The molecule has 0 aliphatic carbocycles. The van der Waals surface area contributed by atoms with E-state index in [9.17, 15) is 18.0 Å². The fourth-order valence-electron chi connectivity index (χ4n) is 4.66. The Kier molecular flexibility index (Phi) is 10.1. The van der Waals surface area contributed by atoms with Gasteiger partial charge < -0.3 is 10.2 Å². The van der Waals surface area contributed by atoms with Crippen LogP contribution in [0, 0.1) is 27.7 Å². The number of hydrogen-bond acceptors (Lipinski definition) is 4. The number of sulfonamides is 1. The van der Waals surface area contributed by atoms with Crippen LogP contribution in [0.5, 0.6) is 0 Å². The predicted octanol–water partition coefficient (Wildman–Crippen LogP) is 5.45. The number of nitrogens with zero attached hydrogens (tertiary/aromatic N) is 2. The summed E-state index contributed by atoms with van der Waals surface area (Å²) in [4.78, 5) is 29.0. The molecule has 0 aromatic heterocycles. The van der Waals surface area contributed by atoms with Crippen LogP contribution in [-0.2, 0) is 26.2 Å². The van der Waals surface area contributed by atoms with E-state index in [2.05, 4.69) is 5.32 Å². The van der Waals surface area contributed by atoms with E-state index in [0.29, 0.717) is 12.1 Å². The van der Waals surface area contributed by atoms with Crippen molar-refractivity contribution >= 4 is 27.5 Å². The minimum absolute atomic E-state index is 0.0987. The highest BCUT2D eigenvalue weighted by Gasteiger charge is 2.34. The van der Waals surface area contributed by atoms with Gasteiger partial charge in [-0.3, -0.25) is 13.9 Å². The average molecular weight is 564 g/mol. The molecule has 3 rings (SSSR count). The smallest absolute Gasteiger partial charge is 0.264 e. The van der Waals surface area contributed by atoms with Crippen LogP contribution in [0.25, 0.3) is 0 Å². The molecule has 1 unspecified atom stereocenters. The molecule has 3 aromatic rings. The first-order valence-electron chi connectivity index (χ1n) is 13.7. The van der Waals surface area contributed by atoms with Gasteiger partial charge in [0, 0.05) is 12.6 Å². The first-order valence-corrected chi connectivity index (χ1v) is 15.1. The fourth-order valence-corrected chi connectivity index (χ4v) is 6.14. The molecule has 1 N–H and O–H groups in total. The highest BCUT2D eigenvalue weighted by atomic mass is 32.2. The number of hydrogen-bond donors (Lipinski definition) is 1. The number of nitrogens with one attached hydrogen (secondary N) is 1. The Balaban J connectivity index is 2.11. The largest absolute Gasteiger partial charge is 0.352 e. The Labute approximate surface area is 239 Å². The lowest BCUT2D eigenvalue weighted by atomic mass is 10.1. The molecule has 3 aromatic carbocycles. The lowest BCUT2D eigenvalue weighted by molar-refractivity contribution is -0.140. The third-order valence-corrected chi connectivity index (χ3v) is 8.76. The molecule has 0 fully saturated rings. The Morgan fingerprint density at radius 1 is 0.875 bits per heavy atom. The summed E-state index contributed by atoms with van der Waals surface area (Å²) in [6, 6.07) is 18.9. The van der Waals surface area contributed by atoms with Gasteiger partial charge in [0.05, 0.1) is 10.6 Å². The number of amides is 2. The van der Waals surface area contributed by atoms with Crippen LogP contribution in [0.3, 0.4) is 0 Å². The summed E-state index contributed by atoms with van der Waals surface area (Å²) >= 11 is 0. The van der Waals surface area contributed by atoms with Gasteiger partial charge in [-0.2, -0.15) is 0 Å². The molecule has 40 heavy (non-hydrogen) atoms. The van der Waals surface area contributed by atoms with Crippen molar-refractivity contribution in [2.45, 2.75) is 78.4 Å². The van der Waals surface area contributed by atoms with Crippen molar-refractivity contribution in [2.75, 3.05) is 10.8 Å². The SMILES string of the molecule is CCC(C(=O)NC(C)C)N(Cc1cccc(C)c1)C(=O)CN(c1cccc(C)c1C)S(=O)(=O)c1ccc(C)cc1. The number of carbonyl (C=O) groups excluding carboxylic acids is 2. The van der Waals surface area contributed by atoms with Gasteiger partial charge in [0.25, 0.3) is 10.0 Å². The molecule has 0 bridgehead atoms. The molecular formula is C32H41N3O4S. The van der Waals surface area contributed by atoms with Crippen LogP contribution in [0.4, 0.5) is 5.69 Å². The van der Waals surface area contributed by atoms with Gasteiger partial charge in [0.2, 0.25) is 11.8 Å². The van der Waals surface area contributed by atoms with E-state index in [1.807, 2.05) is 78.8 Å². The van der Waals surface area contributed by atoms with E-state index >= 15 is 0 Å². The minimum Gasteiger partial charge on any atom is -0.352 e. The molecule has 0 aliphatic rings. The zero-order valence-electron chi connectivity index (χ0n) is 24.6. The minimum atomic E-state index is -4.10. The molecule has 0 radical (unpaired) electrons. The molecule has 8 heteroatoms. The molecule has 0 saturated carbocycles. The molecule has 0 heterocycles. The second-order valence-electron chi connectivity index (χ2n) is 10.6. The average Bonchev–Trinajstić information content (AvgIpc) is 2.88. The van der Waals surface area contributed by atoms with Gasteiger partial charge in [0.1, 0.15) is 12.6 Å². The Morgan fingerprint density at radius 3 is 2.12 bits per heavy atom. The molecule has 0 spiro atoms. The second kappa shape index (κ2) is 13.1. The van der Waals surface area contributed by atoms with Crippen LogP contribution in [0.2, 0.25) is 0 Å². The number of carbonyl (C=O) groups is 2. The summed E-state index contributed by atoms with van der Waals surface area (Å²) < 4.78 is 29.3. The van der Waals surface area contributed by atoms with E-state index in [1.54, 1.807) is 36.4 Å². The van der Waals surface area contributed by atoms with Crippen LogP contribution in [0.1, 0.15) is 55.0 Å². The maximum absolute atomic E-state index is 14.2. The Hall–Kier alpha value is -3.65. The van der Waals surface area contributed by atoms with E-state index in [1.165, 1.54) is 9.21 Å². The molecule has 1 atom stereocenters. The van der Waals surface area contributed by atoms with Crippen molar-refractivity contribution in [2.24, 2.45) is 0 Å². The highest BCUT2D eigenvalue weighted by Crippen LogP contribution is 2.29. The standard InChI is InChI=1S/C32H41N3O4S/c1-8-29(32(37)33-22(2)3)34(20-27-13-9-11-24(5)19-27)31(36)21-35(30-14-10-12-25(6)26(30)7)40(38,39)28-17-15-23(4)16-18-28/h9-19,22,29H,8,20-21H2,1-7H3,(H,33,37). The Bertz CT molecular complexity index is 1450. The number of aryl methyl sites for hydroxylation is 3. The van der Waals surface area contributed by atoms with Crippen molar-refractivity contribution in [1.82, 2.24) is 10.2 Å². The van der Waals surface area contributed by atoms with E-state index in [4.69, 9.17) is 0 Å². The van der Waals surface area contributed by atoms with Crippen molar-refractivity contribution in [3.8, 4) is 0 Å². The quantitative estimate of drug-likeness (QED) is 0.336. The summed E-state index contributed by atoms with van der Waals surface area (Å²) in [7, 11) is -4.10. The first kappa shape index (κ1) is 30.9. The van der Waals surface area contributed by atoms with Gasteiger partial charge in [-0.05, 0) is 82.9 Å². The summed E-state index contributed by atoms with van der Waals surface area (Å²) in [6.45, 7) is 12.9. The van der Waals surface area contributed by atoms with E-state index in [-0.39, 0.29) is 23.4 Å². The monoisotopic (exact) mass is 563 g/mol. The maximum Gasteiger partial charge on any atom is 0.264 e. The number of benzene rings is 3. The lowest BCUT2D eigenvalue weighted by Gasteiger charge is -2.34. The van der Waals surface area contributed by atoms with Gasteiger partial charge in [-0.15, -0.1) is 0 Å². The van der Waals surface area contributed by atoms with Crippen molar-refractivity contribution < 1.29 is 18.0 Å². The lowest BCUT2D eigenvalue weighted by Crippen LogP contribution is -2.53. The number of rotatable bonds is 11. The highest BCUT2D eigenvalue weighted by molar-refractivity contribution is 7.92. The van der Waals surface area contributed by atoms with Gasteiger partial charge >= 0.3 is 0 Å². The molecule has 2 amide bonds. The summed E-state index contributed by atoms with van der Waals surface area (Å²) in [6.07, 6.45) is 0.379. The second-order valence-corrected chi connectivity index (χ2v) is 12.5. The van der Waals surface area contributed by atoms with Crippen LogP contribution in [0.15, 0.2) is 71.6 Å². The van der Waals surface area contributed by atoms with Gasteiger partial charge in [0.15, 0.2) is 0 Å². The molecule has 214 valence electrons.